The summed E-state index contributed by atoms with van der Waals surface area (Å²) in [7, 11) is 0. The van der Waals surface area contributed by atoms with Gasteiger partial charge in [0.05, 0.1) is 0 Å². The van der Waals surface area contributed by atoms with Crippen LogP contribution in [0.4, 0.5) is 0 Å². The van der Waals surface area contributed by atoms with Crippen LogP contribution in [0.2, 0.25) is 0 Å². The van der Waals surface area contributed by atoms with Crippen LogP contribution in [0, 0.1) is 0 Å². The fourth-order valence-electron chi connectivity index (χ4n) is 2.36. The molecule has 0 unspecified atom stereocenters. The van der Waals surface area contributed by atoms with E-state index in [0.29, 0.717) is 0 Å². The van der Waals surface area contributed by atoms with Crippen molar-refractivity contribution in [3.05, 3.63) is 39.4 Å². The number of hydrogen-bond donors (Lipinski definition) is 0. The average molecular weight is 279 g/mol. The molecule has 1 aromatic carbocycles. The summed E-state index contributed by atoms with van der Waals surface area (Å²) in [5, 5.41) is 0. The van der Waals surface area contributed by atoms with Gasteiger partial charge in [-0.2, -0.15) is 0 Å². The van der Waals surface area contributed by atoms with E-state index in [2.05, 4.69) is 47.1 Å². The Kier molecular flexibility index (Phi) is 4.22. The minimum Gasteiger partial charge on any atom is -0.0795 e. The number of allylic oxidation sites excluding steroid dienone is 1. The molecule has 0 saturated carbocycles. The lowest BCUT2D eigenvalue weighted by Crippen LogP contribution is -1.94. The van der Waals surface area contributed by atoms with Crippen molar-refractivity contribution in [2.75, 3.05) is 0 Å². The maximum absolute atomic E-state index is 3.69. The van der Waals surface area contributed by atoms with Gasteiger partial charge >= 0.3 is 0 Å². The van der Waals surface area contributed by atoms with Gasteiger partial charge in [-0.1, -0.05) is 60.3 Å². The molecule has 0 heterocycles. The number of benzene rings is 1. The van der Waals surface area contributed by atoms with Gasteiger partial charge in [0.1, 0.15) is 0 Å². The minimum absolute atomic E-state index is 1.12. The summed E-state index contributed by atoms with van der Waals surface area (Å²) >= 11 is 3.69. The molecule has 0 fully saturated rings. The molecule has 1 aliphatic carbocycles. The van der Waals surface area contributed by atoms with Crippen molar-refractivity contribution in [2.24, 2.45) is 0 Å². The predicted molar refractivity (Wildman–Crippen MR) is 74.7 cm³/mol. The van der Waals surface area contributed by atoms with E-state index in [1.165, 1.54) is 53.3 Å². The van der Waals surface area contributed by atoms with Crippen LogP contribution >= 0.6 is 15.9 Å². The molecule has 1 aliphatic rings. The van der Waals surface area contributed by atoms with Crippen molar-refractivity contribution in [3.63, 3.8) is 0 Å². The van der Waals surface area contributed by atoms with Gasteiger partial charge in [0.15, 0.2) is 0 Å². The Labute approximate surface area is 107 Å². The van der Waals surface area contributed by atoms with Crippen LogP contribution in [0.25, 0.3) is 6.08 Å². The molecule has 0 spiro atoms. The first-order chi connectivity index (χ1) is 7.83. The molecule has 0 nitrogen and oxygen atoms in total. The molecule has 0 aliphatic heterocycles. The van der Waals surface area contributed by atoms with E-state index in [0.717, 1.165) is 6.42 Å². The molecule has 0 aromatic heterocycles. The van der Waals surface area contributed by atoms with E-state index in [1.54, 1.807) is 0 Å². The zero-order valence-electron chi connectivity index (χ0n) is 9.93. The molecular formula is C15H19Br. The van der Waals surface area contributed by atoms with Crippen LogP contribution < -0.4 is 0 Å². The Balaban J connectivity index is 2.08. The molecule has 0 bridgehead atoms. The second-order valence-electron chi connectivity index (χ2n) is 4.52. The van der Waals surface area contributed by atoms with Crippen molar-refractivity contribution >= 4 is 22.0 Å². The molecule has 0 saturated heterocycles. The van der Waals surface area contributed by atoms with Crippen molar-refractivity contribution < 1.29 is 0 Å². The van der Waals surface area contributed by atoms with Gasteiger partial charge in [0, 0.05) is 4.47 Å². The second kappa shape index (κ2) is 5.67. The Morgan fingerprint density at radius 1 is 1.19 bits per heavy atom. The molecule has 16 heavy (non-hydrogen) atoms. The van der Waals surface area contributed by atoms with E-state index in [4.69, 9.17) is 0 Å². The molecule has 86 valence electrons. The maximum Gasteiger partial charge on any atom is 0.0213 e. The molecule has 0 radical (unpaired) electrons. The van der Waals surface area contributed by atoms with Gasteiger partial charge in [-0.3, -0.25) is 0 Å². The highest BCUT2D eigenvalue weighted by molar-refractivity contribution is 9.10. The van der Waals surface area contributed by atoms with E-state index < -0.39 is 0 Å². The van der Waals surface area contributed by atoms with Crippen molar-refractivity contribution in [3.8, 4) is 0 Å². The number of rotatable bonds is 5. The van der Waals surface area contributed by atoms with Crippen molar-refractivity contribution in [2.45, 2.75) is 45.4 Å². The molecular weight excluding hydrogens is 260 g/mol. The average Bonchev–Trinajstić information content (AvgIpc) is 2.75. The molecule has 0 N–H and O–H groups in total. The lowest BCUT2D eigenvalue weighted by Gasteiger charge is -2.10. The minimum atomic E-state index is 1.12. The Bertz CT molecular complexity index is 391. The maximum atomic E-state index is 3.69. The van der Waals surface area contributed by atoms with Crippen LogP contribution in [0.3, 0.4) is 0 Å². The summed E-state index contributed by atoms with van der Waals surface area (Å²) < 4.78 is 1.29. The predicted octanol–water partition coefficient (Wildman–Crippen LogP) is 5.14. The highest BCUT2D eigenvalue weighted by Crippen LogP contribution is 2.30. The fourth-order valence-corrected chi connectivity index (χ4v) is 2.90. The lowest BCUT2D eigenvalue weighted by atomic mass is 9.98. The number of hydrogen-bond acceptors (Lipinski definition) is 0. The van der Waals surface area contributed by atoms with E-state index in [-0.39, 0.29) is 0 Å². The second-order valence-corrected chi connectivity index (χ2v) is 5.37. The smallest absolute Gasteiger partial charge is 0.0213 e. The third kappa shape index (κ3) is 2.57. The van der Waals surface area contributed by atoms with Crippen LogP contribution in [-0.4, -0.2) is 0 Å². The topological polar surface area (TPSA) is 0 Å². The van der Waals surface area contributed by atoms with Gasteiger partial charge in [-0.25, -0.2) is 0 Å². The molecule has 1 aromatic rings. The van der Waals surface area contributed by atoms with Gasteiger partial charge in [-0.05, 0) is 42.0 Å². The van der Waals surface area contributed by atoms with Gasteiger partial charge in [0.2, 0.25) is 0 Å². The van der Waals surface area contributed by atoms with Crippen LogP contribution in [0.15, 0.2) is 22.7 Å². The summed E-state index contributed by atoms with van der Waals surface area (Å²) in [6.45, 7) is 2.26. The molecule has 0 amide bonds. The zero-order valence-corrected chi connectivity index (χ0v) is 11.5. The van der Waals surface area contributed by atoms with Gasteiger partial charge < -0.3 is 0 Å². The monoisotopic (exact) mass is 278 g/mol. The van der Waals surface area contributed by atoms with Crippen molar-refractivity contribution in [1.82, 2.24) is 0 Å². The third-order valence-corrected chi connectivity index (χ3v) is 4.04. The normalized spacial score (nSPS) is 13.1. The summed E-state index contributed by atoms with van der Waals surface area (Å²) in [5.74, 6) is 0. The highest BCUT2D eigenvalue weighted by Gasteiger charge is 2.12. The van der Waals surface area contributed by atoms with Crippen LogP contribution in [0.1, 0.15) is 49.3 Å². The van der Waals surface area contributed by atoms with Crippen molar-refractivity contribution in [1.29, 1.82) is 0 Å². The summed E-state index contributed by atoms with van der Waals surface area (Å²) in [5.41, 5.74) is 4.49. The van der Waals surface area contributed by atoms with E-state index in [1.807, 2.05) is 0 Å². The highest BCUT2D eigenvalue weighted by atomic mass is 79.9. The van der Waals surface area contributed by atoms with Crippen LogP contribution in [-0.2, 0) is 12.8 Å². The lowest BCUT2D eigenvalue weighted by molar-refractivity contribution is 0.665. The molecule has 2 rings (SSSR count). The SMILES string of the molecule is CCCCCCc1c(Br)ccc2c1C=CC2. The molecule has 1 heteroatoms. The summed E-state index contributed by atoms with van der Waals surface area (Å²) in [6, 6.07) is 4.45. The number of halogens is 1. The fraction of sp³-hybridized carbons (Fsp3) is 0.467. The number of fused-ring (bicyclic) bond motifs is 1. The van der Waals surface area contributed by atoms with E-state index >= 15 is 0 Å². The Morgan fingerprint density at radius 2 is 2.06 bits per heavy atom. The largest absolute Gasteiger partial charge is 0.0795 e. The Morgan fingerprint density at radius 3 is 2.88 bits per heavy atom. The van der Waals surface area contributed by atoms with Gasteiger partial charge in [-0.15, -0.1) is 0 Å². The van der Waals surface area contributed by atoms with E-state index in [9.17, 15) is 0 Å². The summed E-state index contributed by atoms with van der Waals surface area (Å²) in [4.78, 5) is 0. The number of unbranched alkanes of at least 4 members (excludes halogenated alkanes) is 3. The molecule has 0 atom stereocenters. The van der Waals surface area contributed by atoms with Crippen LogP contribution in [0.5, 0.6) is 0 Å². The first-order valence-electron chi connectivity index (χ1n) is 6.29. The standard InChI is InChI=1S/C15H19Br/c1-2-3-4-5-8-14-13-9-6-7-12(13)10-11-15(14)16/h6,9-11H,2-5,7-8H2,1H3. The third-order valence-electron chi connectivity index (χ3n) is 3.29. The summed E-state index contributed by atoms with van der Waals surface area (Å²) in [6.07, 6.45) is 12.2. The van der Waals surface area contributed by atoms with Gasteiger partial charge in [0.25, 0.3) is 0 Å². The first-order valence-corrected chi connectivity index (χ1v) is 7.09. The zero-order chi connectivity index (χ0) is 11.4. The first kappa shape index (κ1) is 11.9. The quantitative estimate of drug-likeness (QED) is 0.654. The Hall–Kier alpha value is -0.560.